The molecule has 146 valence electrons. The molecule has 0 amide bonds. The Bertz CT molecular complexity index is 883. The fraction of sp³-hybridized carbons (Fsp3) is 0.304. The second-order valence-corrected chi connectivity index (χ2v) is 6.69. The first-order valence-electron chi connectivity index (χ1n) is 9.69. The number of anilines is 2. The lowest BCUT2D eigenvalue weighted by Crippen LogP contribution is -2.24. The molecule has 0 aliphatic heterocycles. The quantitative estimate of drug-likeness (QED) is 0.597. The lowest BCUT2D eigenvalue weighted by Gasteiger charge is -2.23. The topological polar surface area (TPSA) is 50.3 Å². The summed E-state index contributed by atoms with van der Waals surface area (Å²) in [6.07, 6.45) is 0.900. The summed E-state index contributed by atoms with van der Waals surface area (Å²) < 4.78 is 5.29. The molecule has 0 radical (unpaired) electrons. The molecular weight excluding hydrogens is 348 g/mol. The van der Waals surface area contributed by atoms with Crippen molar-refractivity contribution in [3.8, 4) is 5.75 Å². The number of hydrogen-bond acceptors (Lipinski definition) is 5. The van der Waals surface area contributed by atoms with Crippen LogP contribution in [0.5, 0.6) is 5.75 Å². The molecule has 0 unspecified atom stereocenters. The van der Waals surface area contributed by atoms with Crippen LogP contribution in [0, 0.1) is 6.92 Å². The molecule has 5 heteroatoms. The standard InChI is InChI=1S/C23H28N4O/c1-4-27(17-20-9-6-5-7-10-20)23-16-22(25-18(2)26-23)24-14-13-19-11-8-12-21(15-19)28-3/h5-12,15-16H,4,13-14,17H2,1-3H3,(H,24,25,26). The van der Waals surface area contributed by atoms with Gasteiger partial charge in [-0.15, -0.1) is 0 Å². The Morgan fingerprint density at radius 3 is 2.50 bits per heavy atom. The van der Waals surface area contributed by atoms with Gasteiger partial charge in [-0.05, 0) is 43.5 Å². The minimum absolute atomic E-state index is 0.771. The van der Waals surface area contributed by atoms with Crippen LogP contribution >= 0.6 is 0 Å². The molecule has 0 bridgehead atoms. The number of methoxy groups -OCH3 is 1. The van der Waals surface area contributed by atoms with E-state index in [0.717, 1.165) is 49.3 Å². The fourth-order valence-electron chi connectivity index (χ4n) is 3.13. The first-order valence-corrected chi connectivity index (χ1v) is 9.69. The van der Waals surface area contributed by atoms with Crippen LogP contribution in [-0.4, -0.2) is 30.2 Å². The summed E-state index contributed by atoms with van der Waals surface area (Å²) in [4.78, 5) is 11.5. The van der Waals surface area contributed by atoms with E-state index in [2.05, 4.69) is 63.5 Å². The molecule has 3 aromatic rings. The van der Waals surface area contributed by atoms with Crippen molar-refractivity contribution in [1.29, 1.82) is 0 Å². The van der Waals surface area contributed by atoms with Crippen molar-refractivity contribution in [2.75, 3.05) is 30.4 Å². The zero-order chi connectivity index (χ0) is 19.8. The van der Waals surface area contributed by atoms with Gasteiger partial charge in [0.05, 0.1) is 7.11 Å². The lowest BCUT2D eigenvalue weighted by molar-refractivity contribution is 0.414. The summed E-state index contributed by atoms with van der Waals surface area (Å²) in [5.74, 6) is 3.46. The van der Waals surface area contributed by atoms with E-state index >= 15 is 0 Å². The summed E-state index contributed by atoms with van der Waals surface area (Å²) in [7, 11) is 1.69. The third kappa shape index (κ3) is 5.46. The van der Waals surface area contributed by atoms with Crippen LogP contribution in [0.3, 0.4) is 0 Å². The van der Waals surface area contributed by atoms with Crippen LogP contribution in [0.4, 0.5) is 11.6 Å². The third-order valence-electron chi connectivity index (χ3n) is 4.60. The Hall–Kier alpha value is -3.08. The Kier molecular flexibility index (Phi) is 6.84. The number of ether oxygens (including phenoxy) is 1. The van der Waals surface area contributed by atoms with Crippen LogP contribution in [0.15, 0.2) is 60.7 Å². The Labute approximate surface area is 167 Å². The predicted molar refractivity (Wildman–Crippen MR) is 115 cm³/mol. The minimum atomic E-state index is 0.771. The highest BCUT2D eigenvalue weighted by atomic mass is 16.5. The molecule has 0 spiro atoms. The van der Waals surface area contributed by atoms with E-state index < -0.39 is 0 Å². The van der Waals surface area contributed by atoms with Crippen molar-refractivity contribution in [2.45, 2.75) is 26.8 Å². The monoisotopic (exact) mass is 376 g/mol. The first kappa shape index (κ1) is 19.7. The smallest absolute Gasteiger partial charge is 0.134 e. The lowest BCUT2D eigenvalue weighted by atomic mass is 10.1. The maximum atomic E-state index is 5.29. The van der Waals surface area contributed by atoms with E-state index in [4.69, 9.17) is 4.74 Å². The van der Waals surface area contributed by atoms with Crippen molar-refractivity contribution < 1.29 is 4.74 Å². The average Bonchev–Trinajstić information content (AvgIpc) is 2.72. The number of aryl methyl sites for hydroxylation is 1. The number of rotatable bonds is 9. The Morgan fingerprint density at radius 2 is 1.75 bits per heavy atom. The molecular formula is C23H28N4O. The Morgan fingerprint density at radius 1 is 0.964 bits per heavy atom. The number of nitrogens with one attached hydrogen (secondary N) is 1. The molecule has 0 saturated carbocycles. The average molecular weight is 377 g/mol. The Balaban J connectivity index is 1.66. The summed E-state index contributed by atoms with van der Waals surface area (Å²) in [6.45, 7) is 6.60. The van der Waals surface area contributed by atoms with E-state index in [1.165, 1.54) is 11.1 Å². The van der Waals surface area contributed by atoms with Crippen molar-refractivity contribution in [3.63, 3.8) is 0 Å². The third-order valence-corrected chi connectivity index (χ3v) is 4.60. The fourth-order valence-corrected chi connectivity index (χ4v) is 3.13. The molecule has 0 aliphatic carbocycles. The molecule has 3 rings (SSSR count). The van der Waals surface area contributed by atoms with Crippen LogP contribution in [0.1, 0.15) is 23.9 Å². The van der Waals surface area contributed by atoms with E-state index in [0.29, 0.717) is 0 Å². The van der Waals surface area contributed by atoms with Gasteiger partial charge in [0.25, 0.3) is 0 Å². The molecule has 1 N–H and O–H groups in total. The number of aromatic nitrogens is 2. The largest absolute Gasteiger partial charge is 0.497 e. The maximum absolute atomic E-state index is 5.29. The van der Waals surface area contributed by atoms with Gasteiger partial charge in [-0.25, -0.2) is 9.97 Å². The molecule has 1 heterocycles. The zero-order valence-corrected chi connectivity index (χ0v) is 16.9. The van der Waals surface area contributed by atoms with E-state index in [1.807, 2.05) is 31.2 Å². The predicted octanol–water partition coefficient (Wildman–Crippen LogP) is 4.47. The number of hydrogen-bond donors (Lipinski definition) is 1. The van der Waals surface area contributed by atoms with Crippen molar-refractivity contribution in [1.82, 2.24) is 9.97 Å². The summed E-state index contributed by atoms with van der Waals surface area (Å²) in [5, 5.41) is 3.44. The van der Waals surface area contributed by atoms with Crippen molar-refractivity contribution in [2.24, 2.45) is 0 Å². The summed E-state index contributed by atoms with van der Waals surface area (Å²) >= 11 is 0. The van der Waals surface area contributed by atoms with Gasteiger partial charge in [0.2, 0.25) is 0 Å². The van der Waals surface area contributed by atoms with Gasteiger partial charge in [-0.1, -0.05) is 42.5 Å². The molecule has 0 saturated heterocycles. The van der Waals surface area contributed by atoms with Crippen LogP contribution in [0.2, 0.25) is 0 Å². The highest BCUT2D eigenvalue weighted by Crippen LogP contribution is 2.19. The van der Waals surface area contributed by atoms with Gasteiger partial charge in [0, 0.05) is 25.7 Å². The number of nitrogens with zero attached hydrogens (tertiary/aromatic N) is 3. The van der Waals surface area contributed by atoms with E-state index in [1.54, 1.807) is 7.11 Å². The molecule has 2 aromatic carbocycles. The normalized spacial score (nSPS) is 10.5. The number of benzene rings is 2. The second-order valence-electron chi connectivity index (χ2n) is 6.69. The van der Waals surface area contributed by atoms with Gasteiger partial charge < -0.3 is 15.0 Å². The summed E-state index contributed by atoms with van der Waals surface area (Å²) in [6, 6.07) is 20.7. The molecule has 28 heavy (non-hydrogen) atoms. The minimum Gasteiger partial charge on any atom is -0.497 e. The van der Waals surface area contributed by atoms with Crippen LogP contribution in [0.25, 0.3) is 0 Å². The van der Waals surface area contributed by atoms with E-state index in [9.17, 15) is 0 Å². The zero-order valence-electron chi connectivity index (χ0n) is 16.9. The van der Waals surface area contributed by atoms with Gasteiger partial charge in [0.1, 0.15) is 23.2 Å². The molecule has 1 aromatic heterocycles. The van der Waals surface area contributed by atoms with Gasteiger partial charge in [-0.3, -0.25) is 0 Å². The SMILES string of the molecule is CCN(Cc1ccccc1)c1cc(NCCc2cccc(OC)c2)nc(C)n1. The molecule has 0 fully saturated rings. The van der Waals surface area contributed by atoms with Crippen LogP contribution in [-0.2, 0) is 13.0 Å². The maximum Gasteiger partial charge on any atom is 0.134 e. The highest BCUT2D eigenvalue weighted by Gasteiger charge is 2.10. The molecule has 5 nitrogen and oxygen atoms in total. The first-order chi connectivity index (χ1) is 13.7. The second kappa shape index (κ2) is 9.74. The van der Waals surface area contributed by atoms with Gasteiger partial charge >= 0.3 is 0 Å². The van der Waals surface area contributed by atoms with Crippen molar-refractivity contribution >= 4 is 11.6 Å². The van der Waals surface area contributed by atoms with Crippen LogP contribution < -0.4 is 15.0 Å². The molecule has 0 aliphatic rings. The summed E-state index contributed by atoms with van der Waals surface area (Å²) in [5.41, 5.74) is 2.50. The molecule has 0 atom stereocenters. The highest BCUT2D eigenvalue weighted by molar-refractivity contribution is 5.50. The van der Waals surface area contributed by atoms with Crippen molar-refractivity contribution in [3.05, 3.63) is 77.6 Å². The van der Waals surface area contributed by atoms with E-state index in [-0.39, 0.29) is 0 Å². The van der Waals surface area contributed by atoms with Gasteiger partial charge in [0.15, 0.2) is 0 Å². The van der Waals surface area contributed by atoms with Gasteiger partial charge in [-0.2, -0.15) is 0 Å².